The Morgan fingerprint density at radius 1 is 0.919 bits per heavy atom. The molecule has 1 heterocycles. The Balaban J connectivity index is 1.60. The first-order valence-electron chi connectivity index (χ1n) is 12.2. The zero-order valence-corrected chi connectivity index (χ0v) is 21.2. The van der Waals surface area contributed by atoms with Crippen molar-refractivity contribution in [1.29, 1.82) is 0 Å². The van der Waals surface area contributed by atoms with Crippen molar-refractivity contribution in [2.24, 2.45) is 0 Å². The van der Waals surface area contributed by atoms with E-state index in [4.69, 9.17) is 0 Å². The lowest BCUT2D eigenvalue weighted by Crippen LogP contribution is -2.53. The Morgan fingerprint density at radius 2 is 1.57 bits per heavy atom. The summed E-state index contributed by atoms with van der Waals surface area (Å²) < 4.78 is 0. The fourth-order valence-electron chi connectivity index (χ4n) is 4.70. The topological polar surface area (TPSA) is 103 Å². The molecule has 0 saturated heterocycles. The number of hydrogen-bond donors (Lipinski definition) is 3. The van der Waals surface area contributed by atoms with Crippen molar-refractivity contribution in [3.8, 4) is 0 Å². The zero-order valence-electron chi connectivity index (χ0n) is 21.2. The number of aryl methyl sites for hydroxylation is 2. The number of nitrogens with one attached hydrogen (secondary N) is 2. The molecule has 0 radical (unpaired) electrons. The molecule has 0 saturated carbocycles. The molecule has 7 nitrogen and oxygen atoms in total. The third-order valence-electron chi connectivity index (χ3n) is 6.56. The summed E-state index contributed by atoms with van der Waals surface area (Å²) >= 11 is 0. The van der Waals surface area contributed by atoms with Crippen molar-refractivity contribution < 1.29 is 19.5 Å². The number of aromatic amines is 1. The number of likely N-dealkylation sites (N-methyl/N-ethyl adjacent to an activating group) is 1. The molecule has 1 aromatic heterocycles. The second-order valence-corrected chi connectivity index (χ2v) is 9.46. The molecule has 0 fully saturated rings. The number of para-hydroxylation sites is 1. The molecule has 0 unspecified atom stereocenters. The summed E-state index contributed by atoms with van der Waals surface area (Å²) in [5.41, 5.74) is 4.91. The number of rotatable bonds is 9. The summed E-state index contributed by atoms with van der Waals surface area (Å²) in [7, 11) is 1.48. The van der Waals surface area contributed by atoms with Gasteiger partial charge in [-0.15, -0.1) is 0 Å². The number of aromatic nitrogens is 1. The molecule has 4 rings (SSSR count). The lowest BCUT2D eigenvalue weighted by atomic mass is 10.0. The number of fused-ring (bicyclic) bond motifs is 1. The minimum Gasteiger partial charge on any atom is -0.480 e. The van der Waals surface area contributed by atoms with Gasteiger partial charge < -0.3 is 20.3 Å². The summed E-state index contributed by atoms with van der Waals surface area (Å²) in [6, 6.07) is 20.5. The highest BCUT2D eigenvalue weighted by molar-refractivity contribution is 5.98. The maximum atomic E-state index is 13.7. The first-order chi connectivity index (χ1) is 17.7. The number of carboxylic acids is 1. The SMILES string of the molecule is Cc1cc(C)cc(C(=O)N[C@H](Cc2ccccc2)C(=O)N(C)[C@@H](Cc2c[nH]c3ccccc23)C(=O)O)c1. The van der Waals surface area contributed by atoms with Crippen LogP contribution in [0.5, 0.6) is 0 Å². The number of nitrogens with zero attached hydrogens (tertiary/aromatic N) is 1. The fraction of sp³-hybridized carbons (Fsp3) is 0.233. The van der Waals surface area contributed by atoms with Crippen LogP contribution in [0.25, 0.3) is 10.9 Å². The van der Waals surface area contributed by atoms with Crippen molar-refractivity contribution in [2.45, 2.75) is 38.8 Å². The second-order valence-electron chi connectivity index (χ2n) is 9.46. The van der Waals surface area contributed by atoms with Gasteiger partial charge in [-0.1, -0.05) is 65.7 Å². The number of carbonyl (C=O) groups is 3. The molecule has 0 aliphatic carbocycles. The number of amides is 2. The number of aliphatic carboxylic acids is 1. The van der Waals surface area contributed by atoms with Crippen LogP contribution in [0, 0.1) is 13.8 Å². The van der Waals surface area contributed by atoms with Crippen molar-refractivity contribution in [3.05, 3.63) is 107 Å². The smallest absolute Gasteiger partial charge is 0.326 e. The van der Waals surface area contributed by atoms with Gasteiger partial charge in [0.25, 0.3) is 5.91 Å². The molecular weight excluding hydrogens is 466 g/mol. The van der Waals surface area contributed by atoms with Crippen LogP contribution in [0.4, 0.5) is 0 Å². The minimum absolute atomic E-state index is 0.130. The van der Waals surface area contributed by atoms with E-state index in [9.17, 15) is 19.5 Å². The Kier molecular flexibility index (Phi) is 7.72. The van der Waals surface area contributed by atoms with Crippen LogP contribution in [0.2, 0.25) is 0 Å². The van der Waals surface area contributed by atoms with Crippen molar-refractivity contribution in [3.63, 3.8) is 0 Å². The van der Waals surface area contributed by atoms with Gasteiger partial charge in [-0.05, 0) is 43.2 Å². The summed E-state index contributed by atoms with van der Waals surface area (Å²) in [6.45, 7) is 3.82. The van der Waals surface area contributed by atoms with E-state index < -0.39 is 24.0 Å². The number of carbonyl (C=O) groups excluding carboxylic acids is 2. The molecule has 2 atom stereocenters. The van der Waals surface area contributed by atoms with Gasteiger partial charge >= 0.3 is 5.97 Å². The Labute approximate surface area is 216 Å². The van der Waals surface area contributed by atoms with E-state index in [1.807, 2.05) is 74.5 Å². The Morgan fingerprint density at radius 3 is 2.24 bits per heavy atom. The third-order valence-corrected chi connectivity index (χ3v) is 6.56. The van der Waals surface area contributed by atoms with Gasteiger partial charge in [0.15, 0.2) is 0 Å². The van der Waals surface area contributed by atoms with Crippen LogP contribution in [-0.2, 0) is 22.4 Å². The summed E-state index contributed by atoms with van der Waals surface area (Å²) in [5, 5.41) is 13.8. The van der Waals surface area contributed by atoms with E-state index in [1.165, 1.54) is 11.9 Å². The molecule has 0 aliphatic heterocycles. The molecule has 3 aromatic carbocycles. The average Bonchev–Trinajstić information content (AvgIpc) is 3.28. The number of hydrogen-bond acceptors (Lipinski definition) is 3. The van der Waals surface area contributed by atoms with Gasteiger partial charge in [0.05, 0.1) is 0 Å². The molecule has 37 heavy (non-hydrogen) atoms. The predicted molar refractivity (Wildman–Crippen MR) is 144 cm³/mol. The Bertz CT molecular complexity index is 1410. The predicted octanol–water partition coefficient (Wildman–Crippen LogP) is 4.28. The average molecular weight is 498 g/mol. The van der Waals surface area contributed by atoms with Gasteiger partial charge in [0, 0.05) is 42.6 Å². The van der Waals surface area contributed by atoms with Gasteiger partial charge in [-0.25, -0.2) is 4.79 Å². The highest BCUT2D eigenvalue weighted by Crippen LogP contribution is 2.21. The first-order valence-corrected chi connectivity index (χ1v) is 12.2. The van der Waals surface area contributed by atoms with E-state index in [0.29, 0.717) is 5.56 Å². The molecule has 0 aliphatic rings. The standard InChI is InChI=1S/C30H31N3O4/c1-19-13-20(2)15-22(14-19)28(34)32-26(16-21-9-5-4-6-10-21)29(35)33(3)27(30(36)37)17-23-18-31-25-12-8-7-11-24(23)25/h4-15,18,26-27,31H,16-17H2,1-3H3,(H,32,34)(H,36,37)/t26-,27+/m1/s1. The lowest BCUT2D eigenvalue weighted by Gasteiger charge is -2.29. The van der Waals surface area contributed by atoms with Crippen molar-refractivity contribution in [2.75, 3.05) is 7.05 Å². The highest BCUT2D eigenvalue weighted by atomic mass is 16.4. The summed E-state index contributed by atoms with van der Waals surface area (Å²) in [4.78, 5) is 43.6. The van der Waals surface area contributed by atoms with Crippen LogP contribution in [0.1, 0.15) is 32.6 Å². The molecule has 3 N–H and O–H groups in total. The third kappa shape index (κ3) is 6.06. The minimum atomic E-state index is -1.11. The van der Waals surface area contributed by atoms with Crippen LogP contribution >= 0.6 is 0 Å². The molecule has 2 amide bonds. The van der Waals surface area contributed by atoms with E-state index in [1.54, 1.807) is 18.3 Å². The molecule has 0 spiro atoms. The van der Waals surface area contributed by atoms with E-state index >= 15 is 0 Å². The first kappa shape index (κ1) is 25.7. The largest absolute Gasteiger partial charge is 0.480 e. The van der Waals surface area contributed by atoms with Crippen LogP contribution in [0.15, 0.2) is 79.0 Å². The Hall–Kier alpha value is -4.39. The lowest BCUT2D eigenvalue weighted by molar-refractivity contribution is -0.149. The van der Waals surface area contributed by atoms with Gasteiger partial charge in [0.2, 0.25) is 5.91 Å². The van der Waals surface area contributed by atoms with Crippen molar-refractivity contribution in [1.82, 2.24) is 15.2 Å². The quantitative estimate of drug-likeness (QED) is 0.321. The molecule has 0 bridgehead atoms. The normalized spacial score (nSPS) is 12.6. The number of benzene rings is 3. The monoisotopic (exact) mass is 497 g/mol. The highest BCUT2D eigenvalue weighted by Gasteiger charge is 2.33. The number of H-pyrrole nitrogens is 1. The fourth-order valence-corrected chi connectivity index (χ4v) is 4.70. The maximum absolute atomic E-state index is 13.7. The van der Waals surface area contributed by atoms with Gasteiger partial charge in [-0.2, -0.15) is 0 Å². The van der Waals surface area contributed by atoms with Gasteiger partial charge in [-0.3, -0.25) is 9.59 Å². The van der Waals surface area contributed by atoms with E-state index in [2.05, 4.69) is 10.3 Å². The molecule has 190 valence electrons. The van der Waals surface area contributed by atoms with Crippen LogP contribution < -0.4 is 5.32 Å². The summed E-state index contributed by atoms with van der Waals surface area (Å²) in [6.07, 6.45) is 2.15. The molecule has 4 aromatic rings. The van der Waals surface area contributed by atoms with Crippen LogP contribution in [-0.4, -0.2) is 51.9 Å². The zero-order chi connectivity index (χ0) is 26.5. The molecular formula is C30H31N3O4. The van der Waals surface area contributed by atoms with Crippen molar-refractivity contribution >= 4 is 28.7 Å². The second kappa shape index (κ2) is 11.1. The van der Waals surface area contributed by atoms with E-state index in [-0.39, 0.29) is 18.7 Å². The summed E-state index contributed by atoms with van der Waals surface area (Å²) in [5.74, 6) is -1.95. The number of carboxylic acid groups (broad SMARTS) is 1. The van der Waals surface area contributed by atoms with Gasteiger partial charge in [0.1, 0.15) is 12.1 Å². The van der Waals surface area contributed by atoms with Crippen LogP contribution in [0.3, 0.4) is 0 Å². The van der Waals surface area contributed by atoms with E-state index in [0.717, 1.165) is 33.2 Å². The maximum Gasteiger partial charge on any atom is 0.326 e. The molecule has 7 heteroatoms.